The Balaban J connectivity index is 0.00000578. The molecule has 0 aliphatic carbocycles. The fourth-order valence-electron chi connectivity index (χ4n) is 3.69. The first-order valence-corrected chi connectivity index (χ1v) is 14.0. The van der Waals surface area contributed by atoms with Gasteiger partial charge in [0.05, 0.1) is 0 Å². The molecule has 1 atom stereocenters. The Hall–Kier alpha value is -2.02. The van der Waals surface area contributed by atoms with E-state index < -0.39 is 27.2 Å². The molecule has 1 aromatic heterocycles. The monoisotopic (exact) mass is 515 g/mol. The van der Waals surface area contributed by atoms with Crippen molar-refractivity contribution in [3.05, 3.63) is 35.4 Å². The van der Waals surface area contributed by atoms with Crippen molar-refractivity contribution in [3.8, 4) is 0 Å². The molecule has 0 aliphatic heterocycles. The average Bonchev–Trinajstić information content (AvgIpc) is 3.18. The smallest absolute Gasteiger partial charge is 0.321 e. The second-order valence-electron chi connectivity index (χ2n) is 8.14. The third kappa shape index (κ3) is 10.9. The lowest BCUT2D eigenvalue weighted by Gasteiger charge is -2.16. The Morgan fingerprint density at radius 1 is 1.03 bits per heavy atom. The predicted octanol–water partition coefficient (Wildman–Crippen LogP) is 5.06. The molecule has 1 aromatic carbocycles. The summed E-state index contributed by atoms with van der Waals surface area (Å²) in [6.45, 7) is 2.22. The first-order chi connectivity index (χ1) is 15.8. The minimum atomic E-state index is -4.37. The number of hydrogen-bond donors (Lipinski definition) is 3. The van der Waals surface area contributed by atoms with Crippen molar-refractivity contribution in [1.29, 1.82) is 0 Å². The highest BCUT2D eigenvalue weighted by atomic mass is 32.2. The number of nitrogens with zero attached hydrogens (tertiary/aromatic N) is 4. The minimum Gasteiger partial charge on any atom is -0.480 e. The van der Waals surface area contributed by atoms with Crippen molar-refractivity contribution in [3.63, 3.8) is 0 Å². The van der Waals surface area contributed by atoms with Crippen molar-refractivity contribution in [2.75, 3.05) is 0 Å². The maximum Gasteiger partial charge on any atom is 0.321 e. The van der Waals surface area contributed by atoms with E-state index in [1.807, 2.05) is 12.1 Å². The topological polar surface area (TPSA) is 170 Å². The van der Waals surface area contributed by atoms with Crippen LogP contribution in [0.5, 0.6) is 0 Å². The molecule has 0 aliphatic rings. The summed E-state index contributed by atoms with van der Waals surface area (Å²) in [4.78, 5) is 12.1. The number of benzene rings is 1. The number of tetrazole rings is 1. The summed E-state index contributed by atoms with van der Waals surface area (Å²) in [5, 5.41) is 19.5. The lowest BCUT2D eigenvalue weighted by molar-refractivity contribution is -0.136. The van der Waals surface area contributed by atoms with Crippen LogP contribution in [-0.4, -0.2) is 44.3 Å². The molecular formula is C22H37N5O5S2. The molecule has 2 aromatic rings. The van der Waals surface area contributed by atoms with Crippen molar-refractivity contribution < 1.29 is 22.9 Å². The highest BCUT2D eigenvalue weighted by Crippen LogP contribution is 2.36. The van der Waals surface area contributed by atoms with E-state index in [0.717, 1.165) is 41.3 Å². The number of thioether (sulfide) groups is 1. The minimum absolute atomic E-state index is 0. The Labute approximate surface area is 206 Å². The fraction of sp³-hybridized carbons (Fsp3) is 0.636. The van der Waals surface area contributed by atoms with Gasteiger partial charge in [0.15, 0.2) is 5.88 Å². The van der Waals surface area contributed by atoms with Crippen LogP contribution in [0, 0.1) is 0 Å². The Kier molecular flexibility index (Phi) is 13.9. The zero-order valence-electron chi connectivity index (χ0n) is 19.8. The van der Waals surface area contributed by atoms with Gasteiger partial charge in [0.2, 0.25) is 5.16 Å². The molecule has 1 heterocycles. The van der Waals surface area contributed by atoms with Crippen LogP contribution in [0.4, 0.5) is 0 Å². The molecule has 0 amide bonds. The molecular weight excluding hydrogens is 478 g/mol. The summed E-state index contributed by atoms with van der Waals surface area (Å²) < 4.78 is 32.3. The summed E-state index contributed by atoms with van der Waals surface area (Å²) in [6, 6.07) is 7.38. The number of carboxylic acid groups (broad SMARTS) is 1. The third-order valence-electron chi connectivity index (χ3n) is 5.37. The zero-order valence-corrected chi connectivity index (χ0v) is 21.4. The molecule has 12 heteroatoms. The fourth-order valence-corrected chi connectivity index (χ4v) is 5.23. The van der Waals surface area contributed by atoms with Gasteiger partial charge >= 0.3 is 5.97 Å². The van der Waals surface area contributed by atoms with E-state index >= 15 is 0 Å². The standard InChI is InChI=1S/C22H34N4O5S2.H3N/c1-2-3-4-5-6-7-8-9-10-11-14-18-15-12-13-16-19(18)20(21(27)28)32-22-23-24-25-26(22)17-33(29,30)31;/h12-13,15-16,20H,2-11,14,17H2,1H3,(H,27,28)(H,29,30,31);1H3. The van der Waals surface area contributed by atoms with Crippen molar-refractivity contribution in [1.82, 2.24) is 26.4 Å². The number of hydrogen-bond acceptors (Lipinski definition) is 8. The number of aromatic nitrogens is 4. The Morgan fingerprint density at radius 3 is 2.21 bits per heavy atom. The quantitative estimate of drug-likeness (QED) is 0.147. The van der Waals surface area contributed by atoms with Gasteiger partial charge in [0.25, 0.3) is 10.1 Å². The lowest BCUT2D eigenvalue weighted by atomic mass is 9.98. The van der Waals surface area contributed by atoms with E-state index in [1.165, 1.54) is 51.4 Å². The van der Waals surface area contributed by atoms with Crippen LogP contribution in [0.3, 0.4) is 0 Å². The highest BCUT2D eigenvalue weighted by Gasteiger charge is 2.27. The highest BCUT2D eigenvalue weighted by molar-refractivity contribution is 8.00. The molecule has 0 saturated heterocycles. The maximum absolute atomic E-state index is 12.1. The second kappa shape index (κ2) is 15.8. The number of aryl methyl sites for hydroxylation is 1. The van der Waals surface area contributed by atoms with Crippen LogP contribution < -0.4 is 6.15 Å². The molecule has 0 bridgehead atoms. The van der Waals surface area contributed by atoms with E-state index in [0.29, 0.717) is 5.56 Å². The lowest BCUT2D eigenvalue weighted by Crippen LogP contribution is -2.15. The predicted molar refractivity (Wildman–Crippen MR) is 133 cm³/mol. The van der Waals surface area contributed by atoms with Gasteiger partial charge in [-0.05, 0) is 34.4 Å². The van der Waals surface area contributed by atoms with E-state index in [1.54, 1.807) is 12.1 Å². The molecule has 10 nitrogen and oxygen atoms in total. The molecule has 0 saturated carbocycles. The van der Waals surface area contributed by atoms with Gasteiger partial charge in [-0.3, -0.25) is 9.35 Å². The Morgan fingerprint density at radius 2 is 1.62 bits per heavy atom. The average molecular weight is 516 g/mol. The maximum atomic E-state index is 12.1. The van der Waals surface area contributed by atoms with Gasteiger partial charge in [-0.1, -0.05) is 101 Å². The zero-order chi connectivity index (χ0) is 24.1. The van der Waals surface area contributed by atoms with Gasteiger partial charge in [-0.2, -0.15) is 8.42 Å². The normalized spacial score (nSPS) is 12.3. The number of rotatable bonds is 17. The second-order valence-corrected chi connectivity index (χ2v) is 10.6. The van der Waals surface area contributed by atoms with Crippen LogP contribution in [0.25, 0.3) is 0 Å². The molecule has 5 N–H and O–H groups in total. The van der Waals surface area contributed by atoms with E-state index in [2.05, 4.69) is 22.4 Å². The van der Waals surface area contributed by atoms with Gasteiger partial charge in [0, 0.05) is 0 Å². The van der Waals surface area contributed by atoms with E-state index in [9.17, 15) is 18.3 Å². The Bertz CT molecular complexity index is 968. The number of unbranched alkanes of at least 4 members (excludes halogenated alkanes) is 9. The van der Waals surface area contributed by atoms with Crippen molar-refractivity contribution in [2.45, 2.75) is 93.8 Å². The van der Waals surface area contributed by atoms with Gasteiger partial charge in [0.1, 0.15) is 5.25 Å². The van der Waals surface area contributed by atoms with Gasteiger partial charge < -0.3 is 11.3 Å². The number of carbonyl (C=O) groups is 1. The third-order valence-corrected chi connectivity index (χ3v) is 7.13. The van der Waals surface area contributed by atoms with Gasteiger partial charge in [-0.15, -0.1) is 5.10 Å². The molecule has 0 radical (unpaired) electrons. The largest absolute Gasteiger partial charge is 0.480 e. The first kappa shape index (κ1) is 30.0. The molecule has 2 rings (SSSR count). The van der Waals surface area contributed by atoms with Crippen LogP contribution >= 0.6 is 11.8 Å². The van der Waals surface area contributed by atoms with Crippen molar-refractivity contribution >= 4 is 27.8 Å². The summed E-state index contributed by atoms with van der Waals surface area (Å²) in [7, 11) is -4.37. The summed E-state index contributed by atoms with van der Waals surface area (Å²) in [5.74, 6) is -1.91. The van der Waals surface area contributed by atoms with Crippen molar-refractivity contribution in [2.24, 2.45) is 0 Å². The van der Waals surface area contributed by atoms with E-state index in [4.69, 9.17) is 4.55 Å². The van der Waals surface area contributed by atoms with Crippen LogP contribution in [-0.2, 0) is 27.2 Å². The molecule has 0 spiro atoms. The van der Waals surface area contributed by atoms with Gasteiger partial charge in [-0.25, -0.2) is 4.68 Å². The SMILES string of the molecule is CCCCCCCCCCCCc1ccccc1C(Sc1nnnn1CS(=O)(=O)O)C(=O)O.N. The molecule has 1 unspecified atom stereocenters. The van der Waals surface area contributed by atoms with E-state index in [-0.39, 0.29) is 11.3 Å². The summed E-state index contributed by atoms with van der Waals surface area (Å²) in [6.07, 6.45) is 13.1. The summed E-state index contributed by atoms with van der Waals surface area (Å²) in [5.41, 5.74) is 1.60. The molecule has 0 fully saturated rings. The summed E-state index contributed by atoms with van der Waals surface area (Å²) >= 11 is 0.848. The van der Waals surface area contributed by atoms with Crippen LogP contribution in [0.15, 0.2) is 29.4 Å². The molecule has 34 heavy (non-hydrogen) atoms. The first-order valence-electron chi connectivity index (χ1n) is 11.5. The number of carboxylic acids is 1. The van der Waals surface area contributed by atoms with Crippen LogP contribution in [0.2, 0.25) is 0 Å². The number of aliphatic carboxylic acids is 1. The van der Waals surface area contributed by atoms with Crippen LogP contribution in [0.1, 0.15) is 87.5 Å². The molecule has 192 valence electrons.